The number of para-hydroxylation sites is 1. The smallest absolute Gasteiger partial charge is 0.181 e. The molecule has 4 rings (SSSR count). The second kappa shape index (κ2) is 6.12. The SMILES string of the molecule is Cc1cccc(CNc2cnc3c(cnn3-c3ccccc3)n2)c1. The highest BCUT2D eigenvalue weighted by Crippen LogP contribution is 2.16. The van der Waals surface area contributed by atoms with Gasteiger partial charge in [0.05, 0.1) is 18.1 Å². The van der Waals surface area contributed by atoms with Gasteiger partial charge >= 0.3 is 0 Å². The standard InChI is InChI=1S/C19H17N5/c1-14-6-5-7-15(10-14)11-20-18-13-21-19-17(23-18)12-22-24(19)16-8-3-2-4-9-16/h2-10,12-13H,11H2,1H3,(H,20,23). The van der Waals surface area contributed by atoms with Crippen molar-refractivity contribution < 1.29 is 0 Å². The summed E-state index contributed by atoms with van der Waals surface area (Å²) in [5, 5.41) is 7.72. The molecule has 2 aromatic heterocycles. The number of aromatic nitrogens is 4. The highest BCUT2D eigenvalue weighted by molar-refractivity contribution is 5.73. The van der Waals surface area contributed by atoms with Gasteiger partial charge in [-0.1, -0.05) is 48.0 Å². The van der Waals surface area contributed by atoms with Gasteiger partial charge in [0.15, 0.2) is 5.65 Å². The third kappa shape index (κ3) is 2.84. The summed E-state index contributed by atoms with van der Waals surface area (Å²) in [6.45, 7) is 2.81. The monoisotopic (exact) mass is 315 g/mol. The lowest BCUT2D eigenvalue weighted by Crippen LogP contribution is -2.03. The number of nitrogens with one attached hydrogen (secondary N) is 1. The van der Waals surface area contributed by atoms with Gasteiger partial charge in [-0.2, -0.15) is 5.10 Å². The van der Waals surface area contributed by atoms with E-state index in [1.807, 2.05) is 30.3 Å². The Hall–Kier alpha value is -3.21. The first kappa shape index (κ1) is 14.4. The van der Waals surface area contributed by atoms with Gasteiger partial charge in [-0.05, 0) is 24.6 Å². The molecular weight excluding hydrogens is 298 g/mol. The summed E-state index contributed by atoms with van der Waals surface area (Å²) < 4.78 is 1.80. The van der Waals surface area contributed by atoms with Crippen molar-refractivity contribution in [1.82, 2.24) is 19.7 Å². The molecule has 0 aliphatic rings. The minimum absolute atomic E-state index is 0.717. The fourth-order valence-corrected chi connectivity index (χ4v) is 2.67. The van der Waals surface area contributed by atoms with Crippen LogP contribution in [0.1, 0.15) is 11.1 Å². The van der Waals surface area contributed by atoms with Crippen LogP contribution in [0.2, 0.25) is 0 Å². The van der Waals surface area contributed by atoms with E-state index in [2.05, 4.69) is 51.6 Å². The molecule has 2 heterocycles. The van der Waals surface area contributed by atoms with E-state index in [-0.39, 0.29) is 0 Å². The maximum absolute atomic E-state index is 4.60. The lowest BCUT2D eigenvalue weighted by molar-refractivity contribution is 0.896. The molecule has 0 bridgehead atoms. The van der Waals surface area contributed by atoms with Crippen molar-refractivity contribution in [3.63, 3.8) is 0 Å². The van der Waals surface area contributed by atoms with Crippen molar-refractivity contribution in [2.75, 3.05) is 5.32 Å². The van der Waals surface area contributed by atoms with Gasteiger partial charge in [-0.3, -0.25) is 0 Å². The van der Waals surface area contributed by atoms with Gasteiger partial charge in [0.2, 0.25) is 0 Å². The number of hydrogen-bond donors (Lipinski definition) is 1. The van der Waals surface area contributed by atoms with Crippen LogP contribution < -0.4 is 5.32 Å². The Kier molecular flexibility index (Phi) is 3.67. The molecule has 0 atom stereocenters. The zero-order chi connectivity index (χ0) is 16.4. The Morgan fingerprint density at radius 1 is 1.00 bits per heavy atom. The molecule has 118 valence electrons. The molecule has 0 fully saturated rings. The normalized spacial score (nSPS) is 10.9. The van der Waals surface area contributed by atoms with Crippen LogP contribution in [-0.2, 0) is 6.54 Å². The van der Waals surface area contributed by atoms with Crippen LogP contribution in [0.3, 0.4) is 0 Å². The van der Waals surface area contributed by atoms with Crippen molar-refractivity contribution in [2.45, 2.75) is 13.5 Å². The Bertz CT molecular complexity index is 975. The first-order valence-electron chi connectivity index (χ1n) is 7.85. The highest BCUT2D eigenvalue weighted by atomic mass is 15.3. The summed E-state index contributed by atoms with van der Waals surface area (Å²) in [7, 11) is 0. The molecule has 0 unspecified atom stereocenters. The molecule has 5 heteroatoms. The fraction of sp³-hybridized carbons (Fsp3) is 0.105. The van der Waals surface area contributed by atoms with Gasteiger partial charge < -0.3 is 5.32 Å². The quantitative estimate of drug-likeness (QED) is 0.623. The third-order valence-electron chi connectivity index (χ3n) is 3.83. The summed E-state index contributed by atoms with van der Waals surface area (Å²) in [6, 6.07) is 18.3. The number of rotatable bonds is 4. The van der Waals surface area contributed by atoms with Crippen LogP contribution in [-0.4, -0.2) is 19.7 Å². The fourth-order valence-electron chi connectivity index (χ4n) is 2.67. The van der Waals surface area contributed by atoms with E-state index in [4.69, 9.17) is 0 Å². The number of anilines is 1. The lowest BCUT2D eigenvalue weighted by atomic mass is 10.1. The van der Waals surface area contributed by atoms with Gasteiger partial charge in [0, 0.05) is 6.54 Å². The molecule has 1 N–H and O–H groups in total. The molecule has 4 aromatic rings. The number of hydrogen-bond acceptors (Lipinski definition) is 4. The van der Waals surface area contributed by atoms with E-state index >= 15 is 0 Å². The molecule has 0 saturated heterocycles. The molecule has 0 aliphatic heterocycles. The molecule has 0 spiro atoms. The number of fused-ring (bicyclic) bond motifs is 1. The Morgan fingerprint density at radius 2 is 1.88 bits per heavy atom. The second-order valence-electron chi connectivity index (χ2n) is 5.70. The van der Waals surface area contributed by atoms with E-state index < -0.39 is 0 Å². The minimum Gasteiger partial charge on any atom is -0.365 e. The third-order valence-corrected chi connectivity index (χ3v) is 3.83. The van der Waals surface area contributed by atoms with Gasteiger partial charge in [0.25, 0.3) is 0 Å². The first-order chi connectivity index (χ1) is 11.8. The summed E-state index contributed by atoms with van der Waals surface area (Å²) in [6.07, 6.45) is 3.49. The van der Waals surface area contributed by atoms with E-state index in [0.29, 0.717) is 6.54 Å². The zero-order valence-electron chi connectivity index (χ0n) is 13.3. The summed E-state index contributed by atoms with van der Waals surface area (Å²) in [5.41, 5.74) is 4.97. The molecular formula is C19H17N5. The van der Waals surface area contributed by atoms with Crippen LogP contribution in [0.5, 0.6) is 0 Å². The average Bonchev–Trinajstić information content (AvgIpc) is 3.04. The zero-order valence-corrected chi connectivity index (χ0v) is 13.3. The van der Waals surface area contributed by atoms with Gasteiger partial charge in [-0.15, -0.1) is 0 Å². The Labute approximate surface area is 140 Å². The van der Waals surface area contributed by atoms with Crippen LogP contribution in [0.25, 0.3) is 16.9 Å². The van der Waals surface area contributed by atoms with Crippen molar-refractivity contribution in [3.05, 3.63) is 78.1 Å². The van der Waals surface area contributed by atoms with Crippen molar-refractivity contribution in [2.24, 2.45) is 0 Å². The predicted octanol–water partition coefficient (Wildman–Crippen LogP) is 3.74. The van der Waals surface area contributed by atoms with Crippen LogP contribution in [0.15, 0.2) is 67.0 Å². The summed E-state index contributed by atoms with van der Waals surface area (Å²) >= 11 is 0. The number of nitrogens with zero attached hydrogens (tertiary/aromatic N) is 4. The predicted molar refractivity (Wildman–Crippen MR) is 95.2 cm³/mol. The van der Waals surface area contributed by atoms with Gasteiger partial charge in [-0.25, -0.2) is 14.6 Å². The van der Waals surface area contributed by atoms with Gasteiger partial charge in [0.1, 0.15) is 11.3 Å². The largest absolute Gasteiger partial charge is 0.365 e. The summed E-state index contributed by atoms with van der Waals surface area (Å²) in [4.78, 5) is 9.12. The number of aryl methyl sites for hydroxylation is 1. The molecule has 0 amide bonds. The van der Waals surface area contributed by atoms with Crippen molar-refractivity contribution in [1.29, 1.82) is 0 Å². The lowest BCUT2D eigenvalue weighted by Gasteiger charge is -2.07. The van der Waals surface area contributed by atoms with Crippen LogP contribution in [0.4, 0.5) is 5.82 Å². The summed E-state index contributed by atoms with van der Waals surface area (Å²) in [5.74, 6) is 0.747. The molecule has 0 radical (unpaired) electrons. The minimum atomic E-state index is 0.717. The molecule has 24 heavy (non-hydrogen) atoms. The maximum Gasteiger partial charge on any atom is 0.181 e. The van der Waals surface area contributed by atoms with E-state index in [0.717, 1.165) is 22.7 Å². The van der Waals surface area contributed by atoms with Crippen LogP contribution in [0, 0.1) is 6.92 Å². The second-order valence-corrected chi connectivity index (χ2v) is 5.70. The average molecular weight is 315 g/mol. The molecule has 5 nitrogen and oxygen atoms in total. The van der Waals surface area contributed by atoms with Crippen molar-refractivity contribution in [3.8, 4) is 5.69 Å². The number of benzene rings is 2. The van der Waals surface area contributed by atoms with Crippen molar-refractivity contribution >= 4 is 17.0 Å². The van der Waals surface area contributed by atoms with Crippen LogP contribution >= 0.6 is 0 Å². The van der Waals surface area contributed by atoms with E-state index in [9.17, 15) is 0 Å². The van der Waals surface area contributed by atoms with E-state index in [1.165, 1.54) is 11.1 Å². The molecule has 0 saturated carbocycles. The molecule has 0 aliphatic carbocycles. The topological polar surface area (TPSA) is 55.6 Å². The maximum atomic E-state index is 4.60. The molecule has 2 aromatic carbocycles. The van der Waals surface area contributed by atoms with E-state index in [1.54, 1.807) is 17.1 Å². The first-order valence-corrected chi connectivity index (χ1v) is 7.85. The Morgan fingerprint density at radius 3 is 2.71 bits per heavy atom. The Balaban J connectivity index is 1.58. The highest BCUT2D eigenvalue weighted by Gasteiger charge is 2.08.